The van der Waals surface area contributed by atoms with E-state index in [1.54, 1.807) is 35.4 Å². The van der Waals surface area contributed by atoms with Crippen molar-refractivity contribution in [3.63, 3.8) is 0 Å². The molecule has 0 aliphatic carbocycles. The molecule has 1 aliphatic heterocycles. The first-order valence-electron chi connectivity index (χ1n) is 9.56. The van der Waals surface area contributed by atoms with Gasteiger partial charge in [0.05, 0.1) is 18.8 Å². The van der Waals surface area contributed by atoms with Gasteiger partial charge >= 0.3 is 0 Å². The third-order valence-corrected chi connectivity index (χ3v) is 5.11. The molecule has 0 fully saturated rings. The maximum absolute atomic E-state index is 13.7. The van der Waals surface area contributed by atoms with Crippen LogP contribution in [0.15, 0.2) is 36.5 Å². The quantitative estimate of drug-likeness (QED) is 0.489. The number of carbonyl (C=O) groups excluding carboxylic acids is 1. The van der Waals surface area contributed by atoms with Gasteiger partial charge in [0.2, 0.25) is 11.9 Å². The molecule has 4 rings (SSSR count). The van der Waals surface area contributed by atoms with Crippen LogP contribution in [0.3, 0.4) is 0 Å². The fourth-order valence-corrected chi connectivity index (χ4v) is 3.61. The van der Waals surface area contributed by atoms with E-state index in [2.05, 4.69) is 25.8 Å². The number of halogens is 2. The van der Waals surface area contributed by atoms with Crippen molar-refractivity contribution < 1.29 is 18.3 Å². The Hall–Kier alpha value is -3.60. The summed E-state index contributed by atoms with van der Waals surface area (Å²) in [6.07, 6.45) is -1.47. The summed E-state index contributed by atoms with van der Waals surface area (Å²) < 4.78 is 32.7. The summed E-state index contributed by atoms with van der Waals surface area (Å²) in [4.78, 5) is 26.5. The number of carbonyl (C=O) groups is 1. The van der Waals surface area contributed by atoms with Crippen molar-refractivity contribution in [2.75, 3.05) is 18.3 Å². The number of rotatable bonds is 7. The van der Waals surface area contributed by atoms with Crippen LogP contribution >= 0.6 is 0 Å². The molecule has 4 N–H and O–H groups in total. The van der Waals surface area contributed by atoms with Gasteiger partial charge in [0.15, 0.2) is 5.82 Å². The summed E-state index contributed by atoms with van der Waals surface area (Å²) in [6.45, 7) is 0.602. The number of hydrogen-bond donors (Lipinski definition) is 3. The van der Waals surface area contributed by atoms with Crippen LogP contribution in [0.5, 0.6) is 5.75 Å². The first-order chi connectivity index (χ1) is 15.0. The van der Waals surface area contributed by atoms with Crippen molar-refractivity contribution in [2.24, 2.45) is 0 Å². The summed E-state index contributed by atoms with van der Waals surface area (Å²) in [5.41, 5.74) is 13.0. The summed E-state index contributed by atoms with van der Waals surface area (Å²) >= 11 is 0. The lowest BCUT2D eigenvalue weighted by atomic mass is 10.2. The number of aromatic nitrogens is 3. The van der Waals surface area contributed by atoms with E-state index in [1.165, 1.54) is 7.11 Å². The maximum Gasteiger partial charge on any atom is 0.254 e. The highest BCUT2D eigenvalue weighted by atomic mass is 19.3. The van der Waals surface area contributed by atoms with E-state index in [-0.39, 0.29) is 18.3 Å². The molecular weight excluding hydrogens is 408 g/mol. The third-order valence-electron chi connectivity index (χ3n) is 5.11. The van der Waals surface area contributed by atoms with Gasteiger partial charge in [0.25, 0.3) is 6.43 Å². The molecule has 0 bridgehead atoms. The first-order valence-corrected chi connectivity index (χ1v) is 9.56. The zero-order valence-corrected chi connectivity index (χ0v) is 16.7. The average molecular weight is 429 g/mol. The smallest absolute Gasteiger partial charge is 0.254 e. The Labute approximate surface area is 176 Å². The highest BCUT2D eigenvalue weighted by Crippen LogP contribution is 2.29. The Morgan fingerprint density at radius 2 is 2.10 bits per heavy atom. The van der Waals surface area contributed by atoms with Crippen molar-refractivity contribution in [1.82, 2.24) is 25.3 Å². The lowest BCUT2D eigenvalue weighted by Gasteiger charge is -2.26. The number of nitrogen functional groups attached to an aromatic ring is 1. The Balaban J connectivity index is 1.45. The first kappa shape index (κ1) is 20.7. The third kappa shape index (κ3) is 4.31. The van der Waals surface area contributed by atoms with Gasteiger partial charge in [-0.05, 0) is 23.8 Å². The monoisotopic (exact) mass is 429 g/mol. The molecular formula is C20H21F2N7O2. The maximum atomic E-state index is 13.7. The van der Waals surface area contributed by atoms with E-state index < -0.39 is 24.8 Å². The highest BCUT2D eigenvalue weighted by molar-refractivity contribution is 5.94. The standard InChI is InChI=1S/C20H21F2N7O2/c1-31-15-6-2-5-12-17(15)25-20(23)26-19(12)28-27-16(30)8-14(18(21)22)29-9-11-4-3-7-24-13(11)10-29/h2-7,14,18H,8-10H2,1H3,(H,27,30)(H3,23,25,26,28). The van der Waals surface area contributed by atoms with Gasteiger partial charge in [0.1, 0.15) is 11.3 Å². The van der Waals surface area contributed by atoms with Gasteiger partial charge in [-0.25, -0.2) is 13.8 Å². The van der Waals surface area contributed by atoms with E-state index in [0.29, 0.717) is 23.2 Å². The van der Waals surface area contributed by atoms with Gasteiger partial charge in [0, 0.05) is 31.1 Å². The van der Waals surface area contributed by atoms with Crippen molar-refractivity contribution in [3.8, 4) is 5.75 Å². The molecule has 1 amide bonds. The number of hydrazine groups is 1. The second-order valence-electron chi connectivity index (χ2n) is 7.08. The molecule has 2 aromatic heterocycles. The molecule has 31 heavy (non-hydrogen) atoms. The number of alkyl halides is 2. The second-order valence-corrected chi connectivity index (χ2v) is 7.08. The molecule has 3 aromatic rings. The fraction of sp³-hybridized carbons (Fsp3) is 0.300. The number of methoxy groups -OCH3 is 1. The van der Waals surface area contributed by atoms with Crippen LogP contribution in [0.2, 0.25) is 0 Å². The van der Waals surface area contributed by atoms with Crippen LogP contribution in [0.1, 0.15) is 17.7 Å². The minimum Gasteiger partial charge on any atom is -0.494 e. The number of pyridine rings is 1. The number of benzene rings is 1. The van der Waals surface area contributed by atoms with E-state index in [1.807, 2.05) is 6.07 Å². The Morgan fingerprint density at radius 1 is 1.26 bits per heavy atom. The number of nitrogens with one attached hydrogen (secondary N) is 2. The molecule has 11 heteroatoms. The van der Waals surface area contributed by atoms with Crippen LogP contribution in [0, 0.1) is 0 Å². The Bertz CT molecular complexity index is 1090. The lowest BCUT2D eigenvalue weighted by molar-refractivity contribution is -0.123. The van der Waals surface area contributed by atoms with Gasteiger partial charge in [-0.15, -0.1) is 0 Å². The number of hydrogen-bond acceptors (Lipinski definition) is 8. The van der Waals surface area contributed by atoms with Crippen LogP contribution < -0.4 is 21.3 Å². The molecule has 0 saturated heterocycles. The highest BCUT2D eigenvalue weighted by Gasteiger charge is 2.34. The summed E-state index contributed by atoms with van der Waals surface area (Å²) in [7, 11) is 1.50. The van der Waals surface area contributed by atoms with Crippen molar-refractivity contribution in [1.29, 1.82) is 0 Å². The van der Waals surface area contributed by atoms with Gasteiger partial charge in [-0.1, -0.05) is 12.1 Å². The molecule has 0 spiro atoms. The van der Waals surface area contributed by atoms with Crippen molar-refractivity contribution in [2.45, 2.75) is 32.0 Å². The molecule has 0 saturated carbocycles. The zero-order valence-electron chi connectivity index (χ0n) is 16.7. The summed E-state index contributed by atoms with van der Waals surface area (Å²) in [5.74, 6) is 0.0889. The summed E-state index contributed by atoms with van der Waals surface area (Å²) in [6, 6.07) is 7.55. The van der Waals surface area contributed by atoms with Crippen molar-refractivity contribution >= 4 is 28.6 Å². The number of nitrogens with zero attached hydrogens (tertiary/aromatic N) is 4. The normalized spacial score (nSPS) is 14.5. The largest absolute Gasteiger partial charge is 0.494 e. The average Bonchev–Trinajstić information content (AvgIpc) is 3.18. The van der Waals surface area contributed by atoms with E-state index in [4.69, 9.17) is 10.5 Å². The van der Waals surface area contributed by atoms with Crippen LogP contribution in [-0.2, 0) is 17.9 Å². The molecule has 1 aromatic carbocycles. The minimum absolute atomic E-state index is 0.0264. The summed E-state index contributed by atoms with van der Waals surface area (Å²) in [5, 5.41) is 0.556. The van der Waals surface area contributed by atoms with Crippen LogP contribution in [0.4, 0.5) is 20.5 Å². The molecule has 9 nitrogen and oxygen atoms in total. The van der Waals surface area contributed by atoms with Crippen LogP contribution in [-0.4, -0.2) is 45.3 Å². The van der Waals surface area contributed by atoms with Gasteiger partial charge < -0.3 is 10.5 Å². The topological polar surface area (TPSA) is 118 Å². The number of anilines is 2. The minimum atomic E-state index is -2.69. The lowest BCUT2D eigenvalue weighted by Crippen LogP contribution is -2.42. The molecule has 162 valence electrons. The predicted octanol–water partition coefficient (Wildman–Crippen LogP) is 2.10. The second kappa shape index (κ2) is 8.64. The van der Waals surface area contributed by atoms with E-state index in [9.17, 15) is 13.6 Å². The zero-order chi connectivity index (χ0) is 22.0. The molecule has 1 aliphatic rings. The van der Waals surface area contributed by atoms with Gasteiger partial charge in [-0.2, -0.15) is 4.98 Å². The van der Waals surface area contributed by atoms with E-state index >= 15 is 0 Å². The molecule has 0 radical (unpaired) electrons. The molecule has 1 atom stereocenters. The number of amides is 1. The van der Waals surface area contributed by atoms with Crippen molar-refractivity contribution in [3.05, 3.63) is 47.8 Å². The number of para-hydroxylation sites is 1. The number of fused-ring (bicyclic) bond motifs is 2. The molecule has 3 heterocycles. The predicted molar refractivity (Wildman–Crippen MR) is 110 cm³/mol. The molecule has 1 unspecified atom stereocenters. The SMILES string of the molecule is COc1cccc2c(NNC(=O)CC(C(F)F)N3Cc4cccnc4C3)nc(N)nc12. The fourth-order valence-electron chi connectivity index (χ4n) is 3.61. The van der Waals surface area contributed by atoms with Gasteiger partial charge in [-0.3, -0.25) is 25.5 Å². The Kier molecular flexibility index (Phi) is 5.76. The number of nitrogens with two attached hydrogens (primary N) is 1. The Morgan fingerprint density at radius 3 is 2.84 bits per heavy atom. The van der Waals surface area contributed by atoms with Crippen LogP contribution in [0.25, 0.3) is 10.9 Å². The van der Waals surface area contributed by atoms with E-state index in [0.717, 1.165) is 11.3 Å². The number of ether oxygens (including phenoxy) is 1.